The first kappa shape index (κ1) is 12.9. The molecule has 0 fully saturated rings. The van der Waals surface area contributed by atoms with Gasteiger partial charge in [-0.2, -0.15) is 0 Å². The molecule has 0 unspecified atom stereocenters. The highest BCUT2D eigenvalue weighted by atomic mass is 35.5. The summed E-state index contributed by atoms with van der Waals surface area (Å²) in [6.07, 6.45) is 0. The lowest BCUT2D eigenvalue weighted by Crippen LogP contribution is -2.06. The van der Waals surface area contributed by atoms with Crippen molar-refractivity contribution < 1.29 is 13.6 Å². The normalized spacial score (nSPS) is 11.2. The number of nitrogens with one attached hydrogen (secondary N) is 1. The third kappa shape index (κ3) is 2.20. The summed E-state index contributed by atoms with van der Waals surface area (Å²) < 4.78 is 24.8. The van der Waals surface area contributed by atoms with Gasteiger partial charge in [0.15, 0.2) is 0 Å². The maximum Gasteiger partial charge on any atom is 0.210 e. The van der Waals surface area contributed by atoms with Crippen LogP contribution < -0.4 is 5.48 Å². The number of benzene rings is 2. The van der Waals surface area contributed by atoms with Crippen LogP contribution in [0.1, 0.15) is 0 Å². The molecule has 2 N–H and O–H groups in total. The van der Waals surface area contributed by atoms with E-state index in [2.05, 4.69) is 0 Å². The maximum absolute atomic E-state index is 12.4. The van der Waals surface area contributed by atoms with Gasteiger partial charge in [-0.25, -0.2) is 8.42 Å². The lowest BCUT2D eigenvalue weighted by molar-refractivity contribution is 0.387. The Balaban J connectivity index is 2.69. The van der Waals surface area contributed by atoms with Crippen LogP contribution in [0.2, 0.25) is 5.02 Å². The summed E-state index contributed by atoms with van der Waals surface area (Å²) in [6.45, 7) is 0. The molecular formula is C12H10ClNO3S. The van der Waals surface area contributed by atoms with Gasteiger partial charge in [-0.15, -0.1) is 0 Å². The van der Waals surface area contributed by atoms with Crippen molar-refractivity contribution in [2.24, 2.45) is 0 Å². The Bertz CT molecular complexity index is 656. The minimum Gasteiger partial charge on any atom is -0.291 e. The molecule has 0 amide bonds. The highest BCUT2D eigenvalue weighted by Gasteiger charge is 2.24. The Labute approximate surface area is 110 Å². The van der Waals surface area contributed by atoms with E-state index in [4.69, 9.17) is 16.8 Å². The quantitative estimate of drug-likeness (QED) is 0.850. The summed E-state index contributed by atoms with van der Waals surface area (Å²) in [5.74, 6) is 0. The first-order valence-electron chi connectivity index (χ1n) is 5.06. The van der Waals surface area contributed by atoms with E-state index in [-0.39, 0.29) is 20.5 Å². The first-order valence-corrected chi connectivity index (χ1v) is 6.92. The fraction of sp³-hybridized carbons (Fsp3) is 0. The molecule has 0 heterocycles. The Kier molecular flexibility index (Phi) is 3.56. The Morgan fingerprint density at radius 3 is 2.28 bits per heavy atom. The predicted octanol–water partition coefficient (Wildman–Crippen LogP) is 2.97. The fourth-order valence-electron chi connectivity index (χ4n) is 1.59. The predicted molar refractivity (Wildman–Crippen MR) is 68.8 cm³/mol. The molecule has 0 aliphatic heterocycles. The second-order valence-corrected chi connectivity index (χ2v) is 5.84. The molecule has 0 aliphatic carbocycles. The van der Waals surface area contributed by atoms with Gasteiger partial charge in [-0.05, 0) is 24.3 Å². The van der Waals surface area contributed by atoms with Crippen molar-refractivity contribution in [3.63, 3.8) is 0 Å². The lowest BCUT2D eigenvalue weighted by Gasteiger charge is -2.11. The lowest BCUT2D eigenvalue weighted by atomic mass is 10.3. The average Bonchev–Trinajstić information content (AvgIpc) is 2.39. The van der Waals surface area contributed by atoms with E-state index in [0.717, 1.165) is 0 Å². The molecule has 18 heavy (non-hydrogen) atoms. The van der Waals surface area contributed by atoms with Crippen molar-refractivity contribution in [2.75, 3.05) is 5.48 Å². The second kappa shape index (κ2) is 4.97. The topological polar surface area (TPSA) is 66.4 Å². The van der Waals surface area contributed by atoms with Gasteiger partial charge < -0.3 is 0 Å². The maximum atomic E-state index is 12.4. The van der Waals surface area contributed by atoms with E-state index < -0.39 is 9.84 Å². The van der Waals surface area contributed by atoms with Crippen LogP contribution in [0.15, 0.2) is 58.3 Å². The summed E-state index contributed by atoms with van der Waals surface area (Å²) in [5.41, 5.74) is 1.90. The monoisotopic (exact) mass is 283 g/mol. The third-order valence-electron chi connectivity index (χ3n) is 2.41. The van der Waals surface area contributed by atoms with E-state index in [9.17, 15) is 8.42 Å². The number of rotatable bonds is 3. The average molecular weight is 284 g/mol. The van der Waals surface area contributed by atoms with Gasteiger partial charge in [-0.1, -0.05) is 35.9 Å². The SMILES string of the molecule is O=S(=O)(c1ccccc1)c1c(Cl)cccc1NO. The number of anilines is 1. The van der Waals surface area contributed by atoms with Crippen LogP contribution in [0.4, 0.5) is 5.69 Å². The van der Waals surface area contributed by atoms with Gasteiger partial charge in [0.05, 0.1) is 15.6 Å². The summed E-state index contributed by atoms with van der Waals surface area (Å²) in [6, 6.07) is 12.3. The van der Waals surface area contributed by atoms with Crippen LogP contribution in [-0.2, 0) is 9.84 Å². The zero-order valence-electron chi connectivity index (χ0n) is 9.17. The molecule has 0 aliphatic rings. The van der Waals surface area contributed by atoms with Crippen molar-refractivity contribution in [3.8, 4) is 0 Å². The number of hydrogen-bond acceptors (Lipinski definition) is 4. The third-order valence-corrected chi connectivity index (χ3v) is 4.71. The van der Waals surface area contributed by atoms with Crippen LogP contribution in [0.25, 0.3) is 0 Å². The van der Waals surface area contributed by atoms with Crippen molar-refractivity contribution in [2.45, 2.75) is 9.79 Å². The minimum atomic E-state index is -3.77. The summed E-state index contributed by atoms with van der Waals surface area (Å²) in [4.78, 5) is -0.0185. The fourth-order valence-corrected chi connectivity index (χ4v) is 3.55. The van der Waals surface area contributed by atoms with Gasteiger partial charge in [0.2, 0.25) is 9.84 Å². The van der Waals surface area contributed by atoms with Crippen LogP contribution in [0.3, 0.4) is 0 Å². The molecule has 0 atom stereocenters. The van der Waals surface area contributed by atoms with Crippen molar-refractivity contribution in [3.05, 3.63) is 53.6 Å². The van der Waals surface area contributed by atoms with E-state index in [1.54, 1.807) is 24.3 Å². The Hall–Kier alpha value is -1.56. The van der Waals surface area contributed by atoms with E-state index in [1.807, 2.05) is 5.48 Å². The highest BCUT2D eigenvalue weighted by molar-refractivity contribution is 7.91. The Morgan fingerprint density at radius 1 is 1.00 bits per heavy atom. The zero-order chi connectivity index (χ0) is 13.2. The van der Waals surface area contributed by atoms with Crippen LogP contribution in [-0.4, -0.2) is 13.6 Å². The summed E-state index contributed by atoms with van der Waals surface area (Å²) in [7, 11) is -3.77. The molecule has 94 valence electrons. The molecule has 6 heteroatoms. The molecule has 0 saturated heterocycles. The van der Waals surface area contributed by atoms with E-state index in [1.165, 1.54) is 24.3 Å². The molecule has 0 radical (unpaired) electrons. The molecule has 0 aromatic heterocycles. The molecule has 0 spiro atoms. The van der Waals surface area contributed by atoms with Crippen molar-refractivity contribution in [1.82, 2.24) is 0 Å². The zero-order valence-corrected chi connectivity index (χ0v) is 10.7. The largest absolute Gasteiger partial charge is 0.291 e. The van der Waals surface area contributed by atoms with Crippen LogP contribution >= 0.6 is 11.6 Å². The first-order chi connectivity index (χ1) is 8.57. The van der Waals surface area contributed by atoms with Gasteiger partial charge in [0, 0.05) is 0 Å². The molecule has 4 nitrogen and oxygen atoms in total. The molecule has 2 rings (SSSR count). The molecule has 2 aromatic rings. The van der Waals surface area contributed by atoms with E-state index >= 15 is 0 Å². The number of hydrogen-bond donors (Lipinski definition) is 2. The summed E-state index contributed by atoms with van der Waals surface area (Å²) >= 11 is 5.91. The molecule has 2 aromatic carbocycles. The molecular weight excluding hydrogens is 274 g/mol. The van der Waals surface area contributed by atoms with Crippen LogP contribution in [0, 0.1) is 0 Å². The smallest absolute Gasteiger partial charge is 0.210 e. The van der Waals surface area contributed by atoms with Gasteiger partial charge >= 0.3 is 0 Å². The number of halogens is 1. The van der Waals surface area contributed by atoms with Gasteiger partial charge in [0.25, 0.3) is 0 Å². The van der Waals surface area contributed by atoms with Gasteiger partial charge in [-0.3, -0.25) is 10.7 Å². The highest BCUT2D eigenvalue weighted by Crippen LogP contribution is 2.33. The molecule has 0 bridgehead atoms. The Morgan fingerprint density at radius 2 is 1.67 bits per heavy atom. The van der Waals surface area contributed by atoms with E-state index in [0.29, 0.717) is 0 Å². The number of sulfone groups is 1. The molecule has 0 saturated carbocycles. The van der Waals surface area contributed by atoms with Gasteiger partial charge in [0.1, 0.15) is 4.90 Å². The minimum absolute atomic E-state index is 0.0475. The van der Waals surface area contributed by atoms with Crippen LogP contribution in [0.5, 0.6) is 0 Å². The summed E-state index contributed by atoms with van der Waals surface area (Å²) in [5, 5.41) is 9.03. The van der Waals surface area contributed by atoms with Crippen molar-refractivity contribution in [1.29, 1.82) is 0 Å². The standard InChI is InChI=1S/C12H10ClNO3S/c13-10-7-4-8-11(14-15)12(10)18(16,17)9-5-2-1-3-6-9/h1-8,14-15H. The second-order valence-electron chi connectivity index (χ2n) is 3.54. The van der Waals surface area contributed by atoms with Crippen molar-refractivity contribution >= 4 is 27.1 Å².